The molecule has 8 amide bonds. The number of amides is 8. The van der Waals surface area contributed by atoms with E-state index in [9.17, 15) is 51.3 Å². The highest BCUT2D eigenvalue weighted by molar-refractivity contribution is 7.86. The number of imide groups is 1. The van der Waals surface area contributed by atoms with Crippen molar-refractivity contribution in [3.05, 3.63) is 124 Å². The van der Waals surface area contributed by atoms with E-state index in [2.05, 4.69) is 44.5 Å². The number of carbonyl (C=O) groups excluding carboxylic acids is 8. The Bertz CT molecular complexity index is 3680. The van der Waals surface area contributed by atoms with Crippen LogP contribution in [0.1, 0.15) is 88.9 Å². The monoisotopic (exact) mass is 1220 g/mol. The summed E-state index contributed by atoms with van der Waals surface area (Å²) in [7, 11) is -1.95. The molecule has 6 unspecified atom stereocenters. The number of para-hydroxylation sites is 2. The normalized spacial score (nSPS) is 18.9. The summed E-state index contributed by atoms with van der Waals surface area (Å²) in [5, 5.41) is 14.8. The highest BCUT2D eigenvalue weighted by atomic mass is 32.2. The van der Waals surface area contributed by atoms with Crippen LogP contribution in [-0.2, 0) is 64.9 Å². The highest BCUT2D eigenvalue weighted by Crippen LogP contribution is 2.44. The third-order valence-electron chi connectivity index (χ3n) is 15.7. The Labute approximate surface area is 501 Å². The van der Waals surface area contributed by atoms with Crippen LogP contribution in [0.3, 0.4) is 0 Å². The first-order valence-electron chi connectivity index (χ1n) is 28.0. The largest absolute Gasteiger partial charge is 0.493 e. The number of anilines is 5. The number of nitrogens with zero attached hydrogens (tertiary/aromatic N) is 3. The molecule has 0 aromatic heterocycles. The molecule has 26 heteroatoms. The predicted molar refractivity (Wildman–Crippen MR) is 319 cm³/mol. The van der Waals surface area contributed by atoms with Crippen LogP contribution in [0.2, 0.25) is 0 Å². The van der Waals surface area contributed by atoms with Gasteiger partial charge in [0.1, 0.15) is 25.3 Å². The van der Waals surface area contributed by atoms with Gasteiger partial charge in [0, 0.05) is 68.1 Å². The smallest absolute Gasteiger partial charge is 0.288 e. The third kappa shape index (κ3) is 12.9. The minimum atomic E-state index is -4.79. The third-order valence-corrected chi connectivity index (χ3v) is 17.1. The number of hydrogen-bond acceptors (Lipinski definition) is 17. The van der Waals surface area contributed by atoms with Gasteiger partial charge in [-0.1, -0.05) is 36.4 Å². The van der Waals surface area contributed by atoms with Crippen molar-refractivity contribution in [3.63, 3.8) is 0 Å². The van der Waals surface area contributed by atoms with Crippen LogP contribution in [0.15, 0.2) is 91.0 Å². The van der Waals surface area contributed by atoms with E-state index in [0.29, 0.717) is 59.6 Å². The summed E-state index contributed by atoms with van der Waals surface area (Å²) in [6, 6.07) is 22.8. The fourth-order valence-electron chi connectivity index (χ4n) is 11.3. The van der Waals surface area contributed by atoms with Crippen LogP contribution in [0.5, 0.6) is 23.0 Å². The molecular weight excluding hydrogens is 1150 g/mol. The average Bonchev–Trinajstić information content (AvgIpc) is 1.67. The van der Waals surface area contributed by atoms with Crippen LogP contribution >= 0.6 is 12.6 Å². The lowest BCUT2D eigenvalue weighted by Gasteiger charge is -2.27. The lowest BCUT2D eigenvalue weighted by Crippen LogP contribution is -2.50. The second kappa shape index (κ2) is 25.4. The van der Waals surface area contributed by atoms with Crippen molar-refractivity contribution in [3.8, 4) is 23.0 Å². The summed E-state index contributed by atoms with van der Waals surface area (Å²) in [6.07, 6.45) is 1.65. The van der Waals surface area contributed by atoms with Crippen molar-refractivity contribution < 1.29 is 70.3 Å². The summed E-state index contributed by atoms with van der Waals surface area (Å²) in [5.74, 6) is -2.68. The van der Waals surface area contributed by atoms with Crippen molar-refractivity contribution in [2.45, 2.75) is 107 Å². The molecule has 0 bridgehead atoms. The van der Waals surface area contributed by atoms with Crippen molar-refractivity contribution in [1.29, 1.82) is 0 Å². The topological polar surface area (TPSA) is 310 Å². The average molecular weight is 1220 g/mol. The molecule has 1 saturated heterocycles. The summed E-state index contributed by atoms with van der Waals surface area (Å²) < 4.78 is 60.8. The molecule has 5 aromatic carbocycles. The second-order valence-corrected chi connectivity index (χ2v) is 23.7. The van der Waals surface area contributed by atoms with E-state index in [0.717, 1.165) is 21.7 Å². The number of carbonyl (C=O) groups is 8. The van der Waals surface area contributed by atoms with E-state index in [1.165, 1.54) is 45.1 Å². The van der Waals surface area contributed by atoms with E-state index in [1.54, 1.807) is 54.6 Å². The van der Waals surface area contributed by atoms with Gasteiger partial charge < -0.3 is 60.6 Å². The molecule has 5 heterocycles. The van der Waals surface area contributed by atoms with Crippen molar-refractivity contribution in [2.24, 2.45) is 0 Å². The van der Waals surface area contributed by atoms with Gasteiger partial charge in [-0.25, -0.2) is 0 Å². The van der Waals surface area contributed by atoms with Gasteiger partial charge in [0.15, 0.2) is 28.4 Å². The van der Waals surface area contributed by atoms with Gasteiger partial charge >= 0.3 is 0 Å². The Kier molecular flexibility index (Phi) is 17.8. The van der Waals surface area contributed by atoms with Gasteiger partial charge in [-0.15, -0.1) is 0 Å². The quantitative estimate of drug-likeness (QED) is 0.0201. The number of rotatable bonds is 22. The first kappa shape index (κ1) is 60.2. The van der Waals surface area contributed by atoms with Gasteiger partial charge in [0.2, 0.25) is 35.4 Å². The van der Waals surface area contributed by atoms with Crippen LogP contribution in [0.25, 0.3) is 0 Å². The molecule has 86 heavy (non-hydrogen) atoms. The van der Waals surface area contributed by atoms with Gasteiger partial charge in [-0.3, -0.25) is 47.8 Å². The van der Waals surface area contributed by atoms with Crippen LogP contribution in [0.4, 0.5) is 28.4 Å². The first-order valence-corrected chi connectivity index (χ1v) is 30.0. The van der Waals surface area contributed by atoms with Crippen molar-refractivity contribution in [2.75, 3.05) is 59.6 Å². The minimum absolute atomic E-state index is 0.0104. The fourth-order valence-corrected chi connectivity index (χ4v) is 12.5. The number of thiol groups is 1. The Morgan fingerprint density at radius 2 is 1.27 bits per heavy atom. The number of methoxy groups -OCH3 is 2. The number of ether oxygens (including phenoxy) is 4. The van der Waals surface area contributed by atoms with Crippen LogP contribution in [-0.4, -0.2) is 134 Å². The SMILES string of the molecule is COc1cc2c(cc1OCc1cc(COc3cc4c(cc3OC)C(=O)N3c5ccccc5CC3C(S(=O)(=O)O)N4)cc(NC(=O)C(C)NC(=O)C(C)NC(=O)CCCCC(=O)NCCN3C(=O)CC(S)C3=O)c1)NCC1Cc3ccccc3N1C2=O. The molecule has 452 valence electrons. The number of fused-ring (bicyclic) bond motifs is 8. The zero-order chi connectivity index (χ0) is 61.1. The molecule has 1 fully saturated rings. The molecule has 0 aliphatic carbocycles. The second-order valence-electron chi connectivity index (χ2n) is 21.6. The fraction of sp³-hybridized carbons (Fsp3) is 0.367. The maximum atomic E-state index is 14.3. The van der Waals surface area contributed by atoms with Gasteiger partial charge in [0.25, 0.3) is 21.9 Å². The summed E-state index contributed by atoms with van der Waals surface area (Å²) in [6.45, 7) is 3.23. The Morgan fingerprint density at radius 3 is 1.88 bits per heavy atom. The zero-order valence-electron chi connectivity index (χ0n) is 47.5. The van der Waals surface area contributed by atoms with E-state index in [4.69, 9.17) is 18.9 Å². The number of likely N-dealkylation sites (tertiary alicyclic amines) is 1. The summed E-state index contributed by atoms with van der Waals surface area (Å²) in [4.78, 5) is 109. The molecule has 5 aromatic rings. The molecule has 5 aliphatic rings. The van der Waals surface area contributed by atoms with Crippen molar-refractivity contribution >= 4 is 98.4 Å². The molecule has 5 aliphatic heterocycles. The maximum absolute atomic E-state index is 14.3. The number of nitrogens with one attached hydrogen (secondary N) is 6. The van der Waals surface area contributed by atoms with E-state index < -0.39 is 68.4 Å². The van der Waals surface area contributed by atoms with Crippen LogP contribution < -0.4 is 60.6 Å². The maximum Gasteiger partial charge on any atom is 0.288 e. The lowest BCUT2D eigenvalue weighted by molar-refractivity contribution is -0.138. The van der Waals surface area contributed by atoms with Crippen LogP contribution in [0, 0.1) is 0 Å². The molecule has 0 spiro atoms. The van der Waals surface area contributed by atoms with Gasteiger partial charge in [-0.05, 0) is 104 Å². The highest BCUT2D eigenvalue weighted by Gasteiger charge is 2.47. The van der Waals surface area contributed by atoms with Gasteiger partial charge in [0.05, 0.1) is 54.1 Å². The lowest BCUT2D eigenvalue weighted by atomic mass is 10.1. The zero-order valence-corrected chi connectivity index (χ0v) is 49.2. The Morgan fingerprint density at radius 1 is 0.698 bits per heavy atom. The van der Waals surface area contributed by atoms with E-state index in [-0.39, 0.29) is 110 Å². The molecule has 0 radical (unpaired) electrons. The molecule has 7 N–H and O–H groups in total. The first-order chi connectivity index (χ1) is 41.2. The van der Waals surface area contributed by atoms with E-state index in [1.807, 2.05) is 29.2 Å². The predicted octanol–water partition coefficient (Wildman–Crippen LogP) is 4.75. The number of hydrogen-bond donors (Lipinski definition) is 8. The summed E-state index contributed by atoms with van der Waals surface area (Å²) >= 11 is 4.09. The van der Waals surface area contributed by atoms with Gasteiger partial charge in [-0.2, -0.15) is 21.0 Å². The van der Waals surface area contributed by atoms with E-state index >= 15 is 0 Å². The Hall–Kier alpha value is -8.88. The standard InChI is InChI=1S/C60H65N9O15S2/c1-32(63-53(71)16-10-9-15-52(70)61-17-18-67-54(72)28-51(85)60(67)77)55(73)64-33(2)56(74)65-38-20-34(30-83-49-26-42-40(24-47(49)81-3)58(75)68-39(29-62-42)22-36-11-5-7-13-44(36)68)19-35(21-38)31-84-50-27-43-41(25-48(50)82-4)59(76)69-45-14-8-6-12-37(45)23-46(69)57(66-43)86(78,79)80/h5-8,11-14,19-21,24-27,32-33,39,46,51,57,62,66,85H,9-10,15-18,22-23,28-31H2,1-4H3,(H,61,70)(H,63,71)(H,64,73)(H,65,74)(H,78,79,80). The minimum Gasteiger partial charge on any atom is -0.493 e. The molecule has 10 rings (SSSR count). The number of benzene rings is 5. The molecule has 6 atom stereocenters. The molecule has 24 nitrogen and oxygen atoms in total. The Balaban J connectivity index is 0.823. The molecular formula is C60H65N9O15S2. The molecule has 0 saturated carbocycles. The summed E-state index contributed by atoms with van der Waals surface area (Å²) in [5.41, 5.74) is 5.52. The van der Waals surface area contributed by atoms with Crippen molar-refractivity contribution in [1.82, 2.24) is 20.9 Å². The number of unbranched alkanes of at least 4 members (excludes halogenated alkanes) is 1.